The maximum absolute atomic E-state index is 6.19. The van der Waals surface area contributed by atoms with Crippen molar-refractivity contribution in [2.45, 2.75) is 19.3 Å². The van der Waals surface area contributed by atoms with E-state index in [1.165, 1.54) is 44.1 Å². The predicted octanol–water partition coefficient (Wildman–Crippen LogP) is 11.2. The minimum absolute atomic E-state index is 0.113. The van der Waals surface area contributed by atoms with Gasteiger partial charge >= 0.3 is 0 Å². The number of hydrogen-bond acceptors (Lipinski definition) is 3. The van der Waals surface area contributed by atoms with Gasteiger partial charge in [0.25, 0.3) is 0 Å². The van der Waals surface area contributed by atoms with Crippen LogP contribution >= 0.6 is 0 Å². The summed E-state index contributed by atoms with van der Waals surface area (Å²) in [6.07, 6.45) is 5.48. The number of pyridine rings is 1. The standard InChI is InChI=1S/C42H31N3O/c1-42(2)37-16-8-6-14-33(37)34-20-18-31(24-38(34)42)44(32-25-41(46-27-32)28-11-10-22-43-26-28)30-19-21-40-36(23-30)35-15-7-9-17-39(35)45(40)29-12-4-3-5-13-29/h3-27H,1-2H3. The maximum atomic E-state index is 6.19. The molecule has 3 aromatic heterocycles. The van der Waals surface area contributed by atoms with Crippen molar-refractivity contribution in [3.8, 4) is 28.1 Å². The molecule has 3 heterocycles. The first-order valence-electron chi connectivity index (χ1n) is 15.7. The molecule has 0 bridgehead atoms. The van der Waals surface area contributed by atoms with Crippen molar-refractivity contribution in [1.82, 2.24) is 9.55 Å². The average Bonchev–Trinajstić information content (AvgIpc) is 3.78. The van der Waals surface area contributed by atoms with E-state index >= 15 is 0 Å². The number of benzene rings is 5. The molecule has 0 spiro atoms. The van der Waals surface area contributed by atoms with Gasteiger partial charge in [-0.15, -0.1) is 0 Å². The van der Waals surface area contributed by atoms with Gasteiger partial charge < -0.3 is 13.9 Å². The van der Waals surface area contributed by atoms with Gasteiger partial charge in [-0.05, 0) is 82.9 Å². The van der Waals surface area contributed by atoms with E-state index in [-0.39, 0.29) is 5.41 Å². The van der Waals surface area contributed by atoms with Crippen molar-refractivity contribution >= 4 is 38.9 Å². The molecule has 46 heavy (non-hydrogen) atoms. The number of aromatic nitrogens is 2. The molecule has 4 nitrogen and oxygen atoms in total. The lowest BCUT2D eigenvalue weighted by atomic mass is 9.82. The summed E-state index contributed by atoms with van der Waals surface area (Å²) in [5.74, 6) is 0.781. The summed E-state index contributed by atoms with van der Waals surface area (Å²) in [5.41, 5.74) is 12.8. The van der Waals surface area contributed by atoms with E-state index in [0.717, 1.165) is 34.1 Å². The number of hydrogen-bond donors (Lipinski definition) is 0. The molecule has 0 saturated carbocycles. The average molecular weight is 594 g/mol. The second-order valence-electron chi connectivity index (χ2n) is 12.5. The lowest BCUT2D eigenvalue weighted by molar-refractivity contribution is 0.582. The van der Waals surface area contributed by atoms with E-state index in [1.54, 1.807) is 6.20 Å². The maximum Gasteiger partial charge on any atom is 0.137 e. The Morgan fingerprint density at radius 2 is 1.35 bits per heavy atom. The summed E-state index contributed by atoms with van der Waals surface area (Å²) < 4.78 is 8.55. The Balaban J connectivity index is 1.26. The summed E-state index contributed by atoms with van der Waals surface area (Å²) in [4.78, 5) is 6.64. The second kappa shape index (κ2) is 10.1. The van der Waals surface area contributed by atoms with Crippen LogP contribution in [0.3, 0.4) is 0 Å². The fraction of sp³-hybridized carbons (Fsp3) is 0.0714. The lowest BCUT2D eigenvalue weighted by Gasteiger charge is -2.27. The van der Waals surface area contributed by atoms with Crippen molar-refractivity contribution in [1.29, 1.82) is 0 Å². The van der Waals surface area contributed by atoms with Crippen molar-refractivity contribution < 1.29 is 4.42 Å². The fourth-order valence-corrected chi connectivity index (χ4v) is 7.34. The first-order chi connectivity index (χ1) is 22.6. The van der Waals surface area contributed by atoms with Gasteiger partial charge in [-0.3, -0.25) is 4.98 Å². The number of rotatable bonds is 5. The number of furan rings is 1. The molecule has 1 aliphatic rings. The second-order valence-corrected chi connectivity index (χ2v) is 12.5. The van der Waals surface area contributed by atoms with Gasteiger partial charge in [0.15, 0.2) is 0 Å². The van der Waals surface area contributed by atoms with E-state index in [9.17, 15) is 0 Å². The Hall–Kier alpha value is -5.87. The SMILES string of the molecule is CC1(C)c2ccccc2-c2ccc(N(c3coc(-c4cccnc4)c3)c3ccc4c(c3)c3ccccc3n4-c3ccccc3)cc21. The molecule has 0 fully saturated rings. The summed E-state index contributed by atoms with van der Waals surface area (Å²) in [6.45, 7) is 4.66. The third kappa shape index (κ3) is 3.97. The Morgan fingerprint density at radius 3 is 2.22 bits per heavy atom. The van der Waals surface area contributed by atoms with E-state index in [4.69, 9.17) is 4.42 Å². The Bertz CT molecular complexity index is 2400. The quantitative estimate of drug-likeness (QED) is 0.199. The van der Waals surface area contributed by atoms with Crippen LogP contribution in [0.5, 0.6) is 0 Å². The van der Waals surface area contributed by atoms with Crippen molar-refractivity contribution in [2.24, 2.45) is 0 Å². The zero-order valence-electron chi connectivity index (χ0n) is 25.7. The molecule has 220 valence electrons. The molecular formula is C42H31N3O. The molecule has 0 radical (unpaired) electrons. The molecule has 5 aromatic carbocycles. The minimum Gasteiger partial charge on any atom is -0.462 e. The zero-order valence-corrected chi connectivity index (χ0v) is 25.7. The van der Waals surface area contributed by atoms with Gasteiger partial charge in [-0.25, -0.2) is 0 Å². The van der Waals surface area contributed by atoms with E-state index in [2.05, 4.69) is 150 Å². The normalized spacial score (nSPS) is 13.2. The minimum atomic E-state index is -0.113. The molecule has 0 N–H and O–H groups in total. The first-order valence-corrected chi connectivity index (χ1v) is 15.7. The van der Waals surface area contributed by atoms with E-state index in [0.29, 0.717) is 0 Å². The van der Waals surface area contributed by atoms with Crippen molar-refractivity contribution in [2.75, 3.05) is 4.90 Å². The van der Waals surface area contributed by atoms with Gasteiger partial charge in [0.2, 0.25) is 0 Å². The molecule has 8 aromatic rings. The van der Waals surface area contributed by atoms with Gasteiger partial charge in [0.1, 0.15) is 12.0 Å². The van der Waals surface area contributed by atoms with Crippen LogP contribution in [0.2, 0.25) is 0 Å². The zero-order chi connectivity index (χ0) is 30.8. The van der Waals surface area contributed by atoms with Crippen LogP contribution in [0.15, 0.2) is 157 Å². The Morgan fingerprint density at radius 1 is 0.609 bits per heavy atom. The number of nitrogens with zero attached hydrogens (tertiary/aromatic N) is 3. The van der Waals surface area contributed by atoms with E-state index < -0.39 is 0 Å². The molecule has 0 unspecified atom stereocenters. The molecule has 0 atom stereocenters. The highest BCUT2D eigenvalue weighted by Crippen LogP contribution is 2.51. The van der Waals surface area contributed by atoms with E-state index in [1.807, 2.05) is 24.6 Å². The van der Waals surface area contributed by atoms with Crippen LogP contribution in [0.1, 0.15) is 25.0 Å². The fourth-order valence-electron chi connectivity index (χ4n) is 7.34. The van der Waals surface area contributed by atoms with Gasteiger partial charge in [-0.1, -0.05) is 80.6 Å². The number of para-hydroxylation sites is 2. The Kier molecular flexibility index (Phi) is 5.81. The van der Waals surface area contributed by atoms with Crippen LogP contribution in [0, 0.1) is 0 Å². The van der Waals surface area contributed by atoms with Crippen LogP contribution in [0.25, 0.3) is 49.9 Å². The smallest absolute Gasteiger partial charge is 0.137 e. The molecule has 0 saturated heterocycles. The molecule has 4 heteroatoms. The van der Waals surface area contributed by atoms with Crippen LogP contribution < -0.4 is 4.90 Å². The van der Waals surface area contributed by atoms with Gasteiger partial charge in [-0.2, -0.15) is 0 Å². The number of anilines is 3. The van der Waals surface area contributed by atoms with Crippen LogP contribution in [-0.4, -0.2) is 9.55 Å². The third-order valence-corrected chi connectivity index (χ3v) is 9.54. The van der Waals surface area contributed by atoms with Crippen molar-refractivity contribution in [3.63, 3.8) is 0 Å². The monoisotopic (exact) mass is 593 g/mol. The van der Waals surface area contributed by atoms with Crippen LogP contribution in [0.4, 0.5) is 17.1 Å². The largest absolute Gasteiger partial charge is 0.462 e. The van der Waals surface area contributed by atoms with Crippen LogP contribution in [-0.2, 0) is 5.41 Å². The molecule has 9 rings (SSSR count). The highest BCUT2D eigenvalue weighted by Gasteiger charge is 2.35. The highest BCUT2D eigenvalue weighted by molar-refractivity contribution is 6.10. The van der Waals surface area contributed by atoms with Gasteiger partial charge in [0, 0.05) is 57.3 Å². The molecular weight excluding hydrogens is 562 g/mol. The summed E-state index contributed by atoms with van der Waals surface area (Å²) >= 11 is 0. The Labute approximate surface area is 267 Å². The first kappa shape index (κ1) is 26.5. The predicted molar refractivity (Wildman–Crippen MR) is 189 cm³/mol. The van der Waals surface area contributed by atoms with Crippen molar-refractivity contribution in [3.05, 3.63) is 163 Å². The number of fused-ring (bicyclic) bond motifs is 6. The molecule has 0 amide bonds. The summed E-state index contributed by atoms with van der Waals surface area (Å²) in [6, 6.07) is 47.8. The summed E-state index contributed by atoms with van der Waals surface area (Å²) in [7, 11) is 0. The topological polar surface area (TPSA) is 34.2 Å². The summed E-state index contributed by atoms with van der Waals surface area (Å²) in [5, 5.41) is 2.42. The molecule has 0 aliphatic heterocycles. The van der Waals surface area contributed by atoms with Gasteiger partial charge in [0.05, 0.1) is 16.7 Å². The third-order valence-electron chi connectivity index (χ3n) is 9.54. The lowest BCUT2D eigenvalue weighted by Crippen LogP contribution is -2.16. The highest BCUT2D eigenvalue weighted by atomic mass is 16.3. The molecule has 1 aliphatic carbocycles.